The minimum Gasteiger partial charge on any atom is -0.179 e. The Balaban J connectivity index is -0.0000000146. The van der Waals surface area contributed by atoms with Crippen molar-refractivity contribution in [2.45, 2.75) is 202 Å². The molecular formula is C38H110S6. The van der Waals surface area contributed by atoms with Gasteiger partial charge in [0.1, 0.15) is 0 Å². The SMILES string of the molecule is C.C.C.C.C.C.C.C.C.C.C.C.C.C.CC(CS)CCCCCCS.CC(CS)CCS.CCC(CS)CCCCCCS. The summed E-state index contributed by atoms with van der Waals surface area (Å²) in [6.45, 7) is 6.71. The van der Waals surface area contributed by atoms with Gasteiger partial charge in [0, 0.05) is 0 Å². The molecule has 298 valence electrons. The van der Waals surface area contributed by atoms with E-state index in [0.29, 0.717) is 0 Å². The first-order valence-electron chi connectivity index (χ1n) is 12.1. The van der Waals surface area contributed by atoms with Crippen LogP contribution in [-0.4, -0.2) is 34.5 Å². The van der Waals surface area contributed by atoms with E-state index in [1.54, 1.807) is 0 Å². The first-order valence-corrected chi connectivity index (χ1v) is 15.9. The number of thiol groups is 6. The third-order valence-electron chi connectivity index (χ3n) is 5.21. The van der Waals surface area contributed by atoms with Gasteiger partial charge in [-0.3, -0.25) is 0 Å². The van der Waals surface area contributed by atoms with Crippen LogP contribution in [0.5, 0.6) is 0 Å². The molecule has 0 nitrogen and oxygen atoms in total. The zero-order valence-electron chi connectivity index (χ0n) is 20.1. The average Bonchev–Trinajstić information content (AvgIpc) is 2.77. The van der Waals surface area contributed by atoms with Crippen molar-refractivity contribution in [1.29, 1.82) is 0 Å². The van der Waals surface area contributed by atoms with Gasteiger partial charge in [-0.1, -0.05) is 170 Å². The second-order valence-electron chi connectivity index (χ2n) is 8.40. The summed E-state index contributed by atoms with van der Waals surface area (Å²) in [5.74, 6) is 8.54. The third-order valence-corrected chi connectivity index (χ3v) is 7.86. The molecule has 3 unspecified atom stereocenters. The van der Waals surface area contributed by atoms with Gasteiger partial charge in [0.25, 0.3) is 0 Å². The van der Waals surface area contributed by atoms with E-state index >= 15 is 0 Å². The number of hydrogen-bond donors (Lipinski definition) is 6. The van der Waals surface area contributed by atoms with Crippen molar-refractivity contribution in [2.75, 3.05) is 34.5 Å². The predicted molar refractivity (Wildman–Crippen MR) is 260 cm³/mol. The Morgan fingerprint density at radius 3 is 0.864 bits per heavy atom. The van der Waals surface area contributed by atoms with Gasteiger partial charge in [-0.25, -0.2) is 0 Å². The van der Waals surface area contributed by atoms with Crippen molar-refractivity contribution >= 4 is 75.8 Å². The Morgan fingerprint density at radius 2 is 0.636 bits per heavy atom. The van der Waals surface area contributed by atoms with Crippen LogP contribution in [0, 0.1) is 17.8 Å². The highest BCUT2D eigenvalue weighted by Gasteiger charge is 2.02. The van der Waals surface area contributed by atoms with Crippen molar-refractivity contribution in [3.8, 4) is 0 Å². The van der Waals surface area contributed by atoms with Crippen molar-refractivity contribution in [3.05, 3.63) is 0 Å². The molecular weight excluding hydrogens is 649 g/mol. The summed E-state index contributed by atoms with van der Waals surface area (Å²) in [7, 11) is 0. The van der Waals surface area contributed by atoms with E-state index in [-0.39, 0.29) is 104 Å². The summed E-state index contributed by atoms with van der Waals surface area (Å²) in [6, 6.07) is 0. The highest BCUT2D eigenvalue weighted by molar-refractivity contribution is 7.81. The Morgan fingerprint density at radius 1 is 0.341 bits per heavy atom. The van der Waals surface area contributed by atoms with Gasteiger partial charge in [-0.05, 0) is 84.4 Å². The lowest BCUT2D eigenvalue weighted by atomic mass is 10.0. The molecule has 0 aromatic heterocycles. The van der Waals surface area contributed by atoms with E-state index in [1.807, 2.05) is 0 Å². The molecule has 0 aromatic rings. The topological polar surface area (TPSA) is 0 Å². The van der Waals surface area contributed by atoms with Gasteiger partial charge in [0.05, 0.1) is 0 Å². The fourth-order valence-corrected chi connectivity index (χ4v) is 4.38. The summed E-state index contributed by atoms with van der Waals surface area (Å²) in [6.07, 6.45) is 16.0. The van der Waals surface area contributed by atoms with E-state index in [2.05, 4.69) is 96.5 Å². The van der Waals surface area contributed by atoms with Crippen LogP contribution in [0.15, 0.2) is 0 Å². The fraction of sp³-hybridized carbons (Fsp3) is 1.00. The van der Waals surface area contributed by atoms with E-state index in [1.165, 1.54) is 77.0 Å². The summed E-state index contributed by atoms with van der Waals surface area (Å²) in [4.78, 5) is 0. The van der Waals surface area contributed by atoms with Crippen molar-refractivity contribution in [3.63, 3.8) is 0 Å². The standard InChI is InChI=1S/C10H22S2.C9H20S2.C5H12S2.14CH4/c1-2-10(9-12)7-5-3-4-6-8-11;1-9(8-11)6-4-2-3-5-7-10;1-5(4-7)2-3-6;;;;;;;;;;;;;;/h10-12H,2-9H2,1H3;9-11H,2-8H2,1H3;5-7H,2-4H2,1H3;14*1H4. The van der Waals surface area contributed by atoms with Crippen LogP contribution in [0.2, 0.25) is 0 Å². The number of unbranched alkanes of at least 4 members (excludes halogenated alkanes) is 6. The van der Waals surface area contributed by atoms with E-state index < -0.39 is 0 Å². The minimum absolute atomic E-state index is 0. The maximum Gasteiger partial charge on any atom is -0.00696 e. The lowest BCUT2D eigenvalue weighted by Crippen LogP contribution is -1.99. The molecule has 0 aliphatic heterocycles. The molecule has 0 fully saturated rings. The zero-order valence-corrected chi connectivity index (χ0v) is 25.5. The Bertz CT molecular complexity index is 278. The molecule has 0 spiro atoms. The molecule has 0 N–H and O–H groups in total. The molecule has 0 heterocycles. The first-order chi connectivity index (χ1) is 14.5. The largest absolute Gasteiger partial charge is 0.179 e. The van der Waals surface area contributed by atoms with E-state index in [4.69, 9.17) is 0 Å². The Labute approximate surface area is 327 Å². The van der Waals surface area contributed by atoms with Crippen LogP contribution in [0.1, 0.15) is 202 Å². The summed E-state index contributed by atoms with van der Waals surface area (Å²) in [5.41, 5.74) is 0. The molecule has 0 aromatic carbocycles. The van der Waals surface area contributed by atoms with Gasteiger partial charge >= 0.3 is 0 Å². The van der Waals surface area contributed by atoms with Gasteiger partial charge in [-0.15, -0.1) is 0 Å². The van der Waals surface area contributed by atoms with Gasteiger partial charge < -0.3 is 0 Å². The van der Waals surface area contributed by atoms with Crippen LogP contribution in [0.3, 0.4) is 0 Å². The summed E-state index contributed by atoms with van der Waals surface area (Å²) >= 11 is 25.1. The predicted octanol–water partition coefficient (Wildman–Crippen LogP) is 18.0. The van der Waals surface area contributed by atoms with Gasteiger partial charge in [0.15, 0.2) is 0 Å². The van der Waals surface area contributed by atoms with Crippen molar-refractivity contribution in [1.82, 2.24) is 0 Å². The maximum atomic E-state index is 4.33. The molecule has 3 atom stereocenters. The van der Waals surface area contributed by atoms with Crippen LogP contribution >= 0.6 is 75.8 Å². The highest BCUT2D eigenvalue weighted by Crippen LogP contribution is 2.15. The lowest BCUT2D eigenvalue weighted by molar-refractivity contribution is 0.485. The van der Waals surface area contributed by atoms with Gasteiger partial charge in [-0.2, -0.15) is 75.8 Å². The minimum atomic E-state index is 0. The molecule has 0 aliphatic carbocycles. The molecule has 0 amide bonds. The second kappa shape index (κ2) is 104. The molecule has 0 aliphatic rings. The molecule has 6 heteroatoms. The molecule has 0 saturated carbocycles. The lowest BCUT2D eigenvalue weighted by Gasteiger charge is -2.10. The average molecular weight is 760 g/mol. The quantitative estimate of drug-likeness (QED) is 0.0582. The van der Waals surface area contributed by atoms with Crippen LogP contribution in [-0.2, 0) is 0 Å². The van der Waals surface area contributed by atoms with Crippen molar-refractivity contribution in [2.24, 2.45) is 17.8 Å². The molecule has 44 heavy (non-hydrogen) atoms. The summed E-state index contributed by atoms with van der Waals surface area (Å²) in [5, 5.41) is 0. The van der Waals surface area contributed by atoms with E-state index in [9.17, 15) is 0 Å². The normalized spacial score (nSPS) is 9.20. The fourth-order valence-electron chi connectivity index (χ4n) is 2.68. The smallest absolute Gasteiger partial charge is 0.00696 e. The maximum absolute atomic E-state index is 4.33. The molecule has 0 radical (unpaired) electrons. The number of rotatable bonds is 18. The molecule has 0 saturated heterocycles. The monoisotopic (exact) mass is 759 g/mol. The number of hydrogen-bond acceptors (Lipinski definition) is 6. The van der Waals surface area contributed by atoms with Crippen LogP contribution in [0.25, 0.3) is 0 Å². The Kier molecular flexibility index (Phi) is 261. The Hall–Kier alpha value is 2.10. The molecule has 0 bridgehead atoms. The molecule has 0 rings (SSSR count). The van der Waals surface area contributed by atoms with E-state index in [0.717, 1.165) is 52.3 Å². The van der Waals surface area contributed by atoms with Gasteiger partial charge in [0.2, 0.25) is 0 Å². The van der Waals surface area contributed by atoms with Crippen molar-refractivity contribution < 1.29 is 0 Å². The summed E-state index contributed by atoms with van der Waals surface area (Å²) < 4.78 is 0. The van der Waals surface area contributed by atoms with Crippen LogP contribution in [0.4, 0.5) is 0 Å². The highest BCUT2D eigenvalue weighted by atomic mass is 32.1. The first kappa shape index (κ1) is 111. The second-order valence-corrected chi connectivity index (χ2v) is 10.8. The van der Waals surface area contributed by atoms with Crippen LogP contribution < -0.4 is 0 Å². The zero-order chi connectivity index (χ0) is 23.5. The third kappa shape index (κ3) is 112.